The monoisotopic (exact) mass is 357 g/mol. The maximum absolute atomic E-state index is 12.4. The van der Waals surface area contributed by atoms with Crippen molar-refractivity contribution in [2.75, 3.05) is 7.11 Å². The number of methoxy groups -OCH3 is 1. The van der Waals surface area contributed by atoms with Gasteiger partial charge >= 0.3 is 0 Å². The molecule has 140 valence electrons. The molecule has 0 aliphatic heterocycles. The van der Waals surface area contributed by atoms with Gasteiger partial charge in [-0.2, -0.15) is 0 Å². The highest BCUT2D eigenvalue weighted by Crippen LogP contribution is 2.29. The maximum Gasteiger partial charge on any atom is 0.261 e. The minimum Gasteiger partial charge on any atom is -0.493 e. The zero-order valence-corrected chi connectivity index (χ0v) is 15.8. The van der Waals surface area contributed by atoms with Crippen LogP contribution in [0.1, 0.15) is 32.8 Å². The number of carbonyl (C=O) groups is 1. The fourth-order valence-electron chi connectivity index (χ4n) is 2.46. The normalized spacial score (nSPS) is 11.7. The molecule has 0 saturated carbocycles. The molecule has 1 atom stereocenters. The van der Waals surface area contributed by atoms with Gasteiger partial charge in [0.05, 0.1) is 13.2 Å². The van der Waals surface area contributed by atoms with Crippen LogP contribution in [-0.2, 0) is 11.3 Å². The second-order valence-electron chi connectivity index (χ2n) is 6.20. The van der Waals surface area contributed by atoms with Crippen LogP contribution in [0.4, 0.5) is 0 Å². The first kappa shape index (κ1) is 19.6. The number of benzene rings is 2. The van der Waals surface area contributed by atoms with Gasteiger partial charge in [0.1, 0.15) is 5.75 Å². The van der Waals surface area contributed by atoms with E-state index in [9.17, 15) is 4.79 Å². The molecule has 26 heavy (non-hydrogen) atoms. The lowest BCUT2D eigenvalue weighted by Crippen LogP contribution is -2.37. The maximum atomic E-state index is 12.4. The molecule has 1 unspecified atom stereocenters. The molecule has 2 aromatic carbocycles. The number of nitrogens with one attached hydrogen (secondary N) is 1. The Morgan fingerprint density at radius 2 is 1.77 bits per heavy atom. The Labute approximate surface area is 155 Å². The van der Waals surface area contributed by atoms with E-state index < -0.39 is 6.10 Å². The number of amides is 1. The second-order valence-corrected chi connectivity index (χ2v) is 6.20. The first-order valence-corrected chi connectivity index (χ1v) is 8.86. The summed E-state index contributed by atoms with van der Waals surface area (Å²) in [5, 5.41) is 2.92. The van der Waals surface area contributed by atoms with Crippen LogP contribution < -0.4 is 19.5 Å². The average Bonchev–Trinajstić information content (AvgIpc) is 2.65. The van der Waals surface area contributed by atoms with E-state index in [0.717, 1.165) is 5.56 Å². The number of carbonyl (C=O) groups excluding carboxylic acids is 1. The van der Waals surface area contributed by atoms with Gasteiger partial charge in [0.2, 0.25) is 0 Å². The van der Waals surface area contributed by atoms with Crippen LogP contribution in [-0.4, -0.2) is 25.2 Å². The third kappa shape index (κ3) is 5.69. The summed E-state index contributed by atoms with van der Waals surface area (Å²) in [6, 6.07) is 15.0. The van der Waals surface area contributed by atoms with Crippen LogP contribution in [0.5, 0.6) is 17.2 Å². The van der Waals surface area contributed by atoms with Gasteiger partial charge in [-0.25, -0.2) is 0 Å². The summed E-state index contributed by atoms with van der Waals surface area (Å²) in [4.78, 5) is 12.4. The van der Waals surface area contributed by atoms with Crippen molar-refractivity contribution in [2.24, 2.45) is 0 Å². The van der Waals surface area contributed by atoms with Crippen molar-refractivity contribution >= 4 is 5.91 Å². The third-order valence-electron chi connectivity index (χ3n) is 3.74. The molecule has 0 bridgehead atoms. The van der Waals surface area contributed by atoms with Crippen molar-refractivity contribution in [1.29, 1.82) is 0 Å². The molecule has 0 fully saturated rings. The molecule has 0 spiro atoms. The largest absolute Gasteiger partial charge is 0.493 e. The summed E-state index contributed by atoms with van der Waals surface area (Å²) in [6.07, 6.45) is 0.128. The molecule has 1 N–H and O–H groups in total. The van der Waals surface area contributed by atoms with Gasteiger partial charge in [0.25, 0.3) is 5.91 Å². The van der Waals surface area contributed by atoms with Gasteiger partial charge in [0.15, 0.2) is 17.6 Å². The lowest BCUT2D eigenvalue weighted by molar-refractivity contribution is -0.128. The zero-order chi connectivity index (χ0) is 18.9. The first-order chi connectivity index (χ1) is 12.5. The Hall–Kier alpha value is -2.69. The highest BCUT2D eigenvalue weighted by atomic mass is 16.5. The average molecular weight is 357 g/mol. The van der Waals surface area contributed by atoms with Crippen molar-refractivity contribution in [2.45, 2.75) is 45.9 Å². The fourth-order valence-corrected chi connectivity index (χ4v) is 2.46. The van der Waals surface area contributed by atoms with Crippen LogP contribution in [0.3, 0.4) is 0 Å². The van der Waals surface area contributed by atoms with Gasteiger partial charge in [-0.1, -0.05) is 31.2 Å². The minimum atomic E-state index is -0.525. The van der Waals surface area contributed by atoms with Crippen molar-refractivity contribution in [3.8, 4) is 17.2 Å². The summed E-state index contributed by atoms with van der Waals surface area (Å²) in [7, 11) is 1.60. The SMILES string of the molecule is CCC(Oc1ccccc1)C(=O)NCc1ccc(OC(C)C)c(OC)c1. The minimum absolute atomic E-state index is 0.0647. The Kier molecular flexibility index (Phi) is 7.33. The van der Waals surface area contributed by atoms with Gasteiger partial charge in [-0.15, -0.1) is 0 Å². The van der Waals surface area contributed by atoms with Crippen molar-refractivity contribution in [1.82, 2.24) is 5.32 Å². The van der Waals surface area contributed by atoms with E-state index in [-0.39, 0.29) is 12.0 Å². The third-order valence-corrected chi connectivity index (χ3v) is 3.74. The van der Waals surface area contributed by atoms with Gasteiger partial charge in [-0.05, 0) is 50.1 Å². The van der Waals surface area contributed by atoms with Crippen LogP contribution in [0.2, 0.25) is 0 Å². The van der Waals surface area contributed by atoms with E-state index in [4.69, 9.17) is 14.2 Å². The van der Waals surface area contributed by atoms with Gasteiger partial charge in [-0.3, -0.25) is 4.79 Å². The van der Waals surface area contributed by atoms with E-state index >= 15 is 0 Å². The van der Waals surface area contributed by atoms with E-state index in [0.29, 0.717) is 30.2 Å². The Morgan fingerprint density at radius 1 is 1.04 bits per heavy atom. The Morgan fingerprint density at radius 3 is 2.38 bits per heavy atom. The van der Waals surface area contributed by atoms with E-state index in [2.05, 4.69) is 5.32 Å². The molecule has 0 radical (unpaired) electrons. The molecule has 0 saturated heterocycles. The van der Waals surface area contributed by atoms with Crippen molar-refractivity contribution in [3.05, 3.63) is 54.1 Å². The number of para-hydroxylation sites is 1. The molecule has 1 amide bonds. The summed E-state index contributed by atoms with van der Waals surface area (Å²) in [5.74, 6) is 1.89. The molecular weight excluding hydrogens is 330 g/mol. The number of ether oxygens (including phenoxy) is 3. The lowest BCUT2D eigenvalue weighted by Gasteiger charge is -2.18. The van der Waals surface area contributed by atoms with Crippen LogP contribution in [0.15, 0.2) is 48.5 Å². The Bertz CT molecular complexity index is 700. The topological polar surface area (TPSA) is 56.8 Å². The summed E-state index contributed by atoms with van der Waals surface area (Å²) < 4.78 is 16.9. The van der Waals surface area contributed by atoms with Gasteiger partial charge in [0, 0.05) is 6.54 Å². The van der Waals surface area contributed by atoms with Crippen molar-refractivity contribution in [3.63, 3.8) is 0 Å². The molecule has 0 aromatic heterocycles. The molecular formula is C21H27NO4. The summed E-state index contributed by atoms with van der Waals surface area (Å²) >= 11 is 0. The second kappa shape index (κ2) is 9.70. The summed E-state index contributed by atoms with van der Waals surface area (Å²) in [5.41, 5.74) is 0.931. The molecule has 0 heterocycles. The zero-order valence-electron chi connectivity index (χ0n) is 15.8. The van der Waals surface area contributed by atoms with Crippen LogP contribution >= 0.6 is 0 Å². The Balaban J connectivity index is 1.97. The number of rotatable bonds is 9. The fraction of sp³-hybridized carbons (Fsp3) is 0.381. The molecule has 0 aliphatic carbocycles. The van der Waals surface area contributed by atoms with E-state index in [1.54, 1.807) is 7.11 Å². The summed E-state index contributed by atoms with van der Waals surface area (Å²) in [6.45, 7) is 6.25. The number of hydrogen-bond donors (Lipinski definition) is 1. The van der Waals surface area contributed by atoms with Gasteiger partial charge < -0.3 is 19.5 Å². The highest BCUT2D eigenvalue weighted by Gasteiger charge is 2.18. The van der Waals surface area contributed by atoms with Crippen molar-refractivity contribution < 1.29 is 19.0 Å². The molecule has 5 nitrogen and oxygen atoms in total. The standard InChI is InChI=1S/C21H27NO4/c1-5-18(26-17-9-7-6-8-10-17)21(23)22-14-16-11-12-19(25-15(2)3)20(13-16)24-4/h6-13,15,18H,5,14H2,1-4H3,(H,22,23). The van der Waals surface area contributed by atoms with Crippen LogP contribution in [0.25, 0.3) is 0 Å². The molecule has 2 aromatic rings. The quantitative estimate of drug-likeness (QED) is 0.738. The first-order valence-electron chi connectivity index (χ1n) is 8.86. The molecule has 0 aliphatic rings. The number of hydrogen-bond acceptors (Lipinski definition) is 4. The molecule has 5 heteroatoms. The lowest BCUT2D eigenvalue weighted by atomic mass is 10.2. The highest BCUT2D eigenvalue weighted by molar-refractivity contribution is 5.81. The van der Waals surface area contributed by atoms with E-state index in [1.165, 1.54) is 0 Å². The predicted octanol–water partition coefficient (Wildman–Crippen LogP) is 3.96. The van der Waals surface area contributed by atoms with Crippen LogP contribution in [0, 0.1) is 0 Å². The van der Waals surface area contributed by atoms with E-state index in [1.807, 2.05) is 69.3 Å². The smallest absolute Gasteiger partial charge is 0.261 e. The molecule has 2 rings (SSSR count). The predicted molar refractivity (Wildman–Crippen MR) is 102 cm³/mol.